The van der Waals surface area contributed by atoms with Crippen LogP contribution in [0.3, 0.4) is 0 Å². The average molecular weight is 222 g/mol. The van der Waals surface area contributed by atoms with Gasteiger partial charge < -0.3 is 0 Å². The highest BCUT2D eigenvalue weighted by Gasteiger charge is 2.51. The Bertz CT molecular complexity index is 244. The van der Waals surface area contributed by atoms with E-state index in [9.17, 15) is 0 Å². The van der Waals surface area contributed by atoms with Gasteiger partial charge in [-0.1, -0.05) is 47.5 Å². The number of fused-ring (bicyclic) bond motifs is 2. The molecule has 0 aromatic rings. The molecule has 2 aliphatic rings. The van der Waals surface area contributed by atoms with E-state index in [1.165, 1.54) is 32.1 Å². The van der Waals surface area contributed by atoms with Crippen molar-refractivity contribution in [3.63, 3.8) is 0 Å². The fourth-order valence-corrected chi connectivity index (χ4v) is 4.88. The Hall–Kier alpha value is 0. The summed E-state index contributed by atoms with van der Waals surface area (Å²) in [5.41, 5.74) is 0.687. The Labute approximate surface area is 102 Å². The number of hydrogen-bond acceptors (Lipinski definition) is 0. The van der Waals surface area contributed by atoms with Crippen LogP contribution in [0.25, 0.3) is 0 Å². The highest BCUT2D eigenvalue weighted by Crippen LogP contribution is 2.60. The van der Waals surface area contributed by atoms with Crippen LogP contribution in [0.4, 0.5) is 0 Å². The molecule has 16 heavy (non-hydrogen) atoms. The highest BCUT2D eigenvalue weighted by atomic mass is 14.6. The van der Waals surface area contributed by atoms with Crippen molar-refractivity contribution in [2.45, 2.75) is 66.7 Å². The first kappa shape index (κ1) is 12.5. The lowest BCUT2D eigenvalue weighted by atomic mass is 9.62. The molecular weight excluding hydrogens is 192 g/mol. The lowest BCUT2D eigenvalue weighted by molar-refractivity contribution is 0.0679. The molecule has 2 aliphatic carbocycles. The third kappa shape index (κ3) is 1.93. The van der Waals surface area contributed by atoms with E-state index >= 15 is 0 Å². The van der Waals surface area contributed by atoms with Crippen molar-refractivity contribution < 1.29 is 0 Å². The Morgan fingerprint density at radius 2 is 1.94 bits per heavy atom. The van der Waals surface area contributed by atoms with E-state index in [2.05, 4.69) is 34.6 Å². The zero-order valence-electron chi connectivity index (χ0n) is 11.9. The van der Waals surface area contributed by atoms with Gasteiger partial charge in [-0.05, 0) is 54.3 Å². The fraction of sp³-hybridized carbons (Fsp3) is 1.00. The molecule has 0 radical (unpaired) electrons. The molecule has 2 fully saturated rings. The van der Waals surface area contributed by atoms with Gasteiger partial charge in [-0.2, -0.15) is 0 Å². The van der Waals surface area contributed by atoms with Gasteiger partial charge in [0, 0.05) is 0 Å². The van der Waals surface area contributed by atoms with Crippen LogP contribution in [-0.2, 0) is 0 Å². The Kier molecular flexibility index (Phi) is 3.39. The van der Waals surface area contributed by atoms with Crippen molar-refractivity contribution in [3.8, 4) is 0 Å². The lowest BCUT2D eigenvalue weighted by Gasteiger charge is -2.43. The molecule has 0 aromatic carbocycles. The molecule has 94 valence electrons. The molecule has 6 unspecified atom stereocenters. The molecule has 2 rings (SSSR count). The lowest BCUT2D eigenvalue weighted by Crippen LogP contribution is -2.34. The molecular formula is C16H30. The summed E-state index contributed by atoms with van der Waals surface area (Å²) in [4.78, 5) is 0. The van der Waals surface area contributed by atoms with Gasteiger partial charge in [-0.3, -0.25) is 0 Å². The van der Waals surface area contributed by atoms with Gasteiger partial charge in [0.25, 0.3) is 0 Å². The molecule has 0 amide bonds. The van der Waals surface area contributed by atoms with Gasteiger partial charge in [0.1, 0.15) is 0 Å². The van der Waals surface area contributed by atoms with Gasteiger partial charge >= 0.3 is 0 Å². The van der Waals surface area contributed by atoms with Gasteiger partial charge in [0.15, 0.2) is 0 Å². The normalized spacial score (nSPS) is 49.3. The van der Waals surface area contributed by atoms with Crippen molar-refractivity contribution in [2.75, 3.05) is 0 Å². The second kappa shape index (κ2) is 4.35. The van der Waals surface area contributed by atoms with Crippen molar-refractivity contribution in [3.05, 3.63) is 0 Å². The first-order chi connectivity index (χ1) is 7.48. The molecule has 0 N–H and O–H groups in total. The van der Waals surface area contributed by atoms with E-state index in [1.54, 1.807) is 0 Å². The predicted molar refractivity (Wildman–Crippen MR) is 71.3 cm³/mol. The maximum Gasteiger partial charge on any atom is -0.0295 e. The quantitative estimate of drug-likeness (QED) is 0.621. The van der Waals surface area contributed by atoms with E-state index in [1.807, 2.05) is 0 Å². The molecule has 0 aromatic heterocycles. The van der Waals surface area contributed by atoms with Crippen LogP contribution in [0.1, 0.15) is 66.7 Å². The zero-order chi connectivity index (χ0) is 11.9. The van der Waals surface area contributed by atoms with Crippen molar-refractivity contribution in [2.24, 2.45) is 35.0 Å². The third-order valence-electron chi connectivity index (χ3n) is 6.06. The minimum atomic E-state index is 0.687. The smallest absolute Gasteiger partial charge is 0.0295 e. The van der Waals surface area contributed by atoms with Crippen LogP contribution in [-0.4, -0.2) is 0 Å². The Morgan fingerprint density at radius 1 is 1.25 bits per heavy atom. The zero-order valence-corrected chi connectivity index (χ0v) is 11.9. The largest absolute Gasteiger partial charge is 0.0654 e. The second-order valence-corrected chi connectivity index (χ2v) is 7.27. The van der Waals surface area contributed by atoms with E-state index in [4.69, 9.17) is 0 Å². The monoisotopic (exact) mass is 222 g/mol. The summed E-state index contributed by atoms with van der Waals surface area (Å²) >= 11 is 0. The molecule has 0 heteroatoms. The van der Waals surface area contributed by atoms with E-state index in [-0.39, 0.29) is 0 Å². The summed E-state index contributed by atoms with van der Waals surface area (Å²) in [6.45, 7) is 12.4. The maximum atomic E-state index is 2.55. The van der Waals surface area contributed by atoms with Gasteiger partial charge in [-0.25, -0.2) is 0 Å². The number of hydrogen-bond donors (Lipinski definition) is 0. The standard InChI is InChI=1S/C16H30/c1-6-7-11(2)14-8-13(4)16(5)9-12(3)15(14)10-16/h11-15H,6-10H2,1-5H3. The molecule has 0 aliphatic heterocycles. The molecule has 2 bridgehead atoms. The van der Waals surface area contributed by atoms with Crippen LogP contribution in [0.15, 0.2) is 0 Å². The SMILES string of the molecule is CCCC(C)C1CC(C)C2(C)CC(C)C1C2. The molecule has 2 saturated carbocycles. The second-order valence-electron chi connectivity index (χ2n) is 7.27. The van der Waals surface area contributed by atoms with E-state index in [0.29, 0.717) is 5.41 Å². The third-order valence-corrected chi connectivity index (χ3v) is 6.06. The van der Waals surface area contributed by atoms with Crippen LogP contribution in [0, 0.1) is 35.0 Å². The highest BCUT2D eigenvalue weighted by molar-refractivity contribution is 5.01. The minimum absolute atomic E-state index is 0.687. The van der Waals surface area contributed by atoms with Crippen LogP contribution >= 0.6 is 0 Å². The summed E-state index contributed by atoms with van der Waals surface area (Å²) in [5, 5.41) is 0. The van der Waals surface area contributed by atoms with Crippen LogP contribution in [0.2, 0.25) is 0 Å². The first-order valence-corrected chi connectivity index (χ1v) is 7.48. The Morgan fingerprint density at radius 3 is 2.56 bits per heavy atom. The van der Waals surface area contributed by atoms with E-state index < -0.39 is 0 Å². The van der Waals surface area contributed by atoms with Crippen molar-refractivity contribution in [1.29, 1.82) is 0 Å². The molecule has 0 heterocycles. The molecule has 6 atom stereocenters. The maximum absolute atomic E-state index is 2.55. The molecule has 0 spiro atoms. The summed E-state index contributed by atoms with van der Waals surface area (Å²) < 4.78 is 0. The number of rotatable bonds is 3. The summed E-state index contributed by atoms with van der Waals surface area (Å²) in [7, 11) is 0. The Balaban J connectivity index is 2.12. The van der Waals surface area contributed by atoms with Crippen molar-refractivity contribution in [1.82, 2.24) is 0 Å². The summed E-state index contributed by atoms with van der Waals surface area (Å²) in [6, 6.07) is 0. The summed E-state index contributed by atoms with van der Waals surface area (Å²) in [5.74, 6) is 4.98. The first-order valence-electron chi connectivity index (χ1n) is 7.48. The van der Waals surface area contributed by atoms with Gasteiger partial charge in [-0.15, -0.1) is 0 Å². The predicted octanol–water partition coefficient (Wildman–Crippen LogP) is 5.13. The topological polar surface area (TPSA) is 0 Å². The van der Waals surface area contributed by atoms with Crippen LogP contribution < -0.4 is 0 Å². The van der Waals surface area contributed by atoms with Gasteiger partial charge in [0.2, 0.25) is 0 Å². The van der Waals surface area contributed by atoms with Crippen molar-refractivity contribution >= 4 is 0 Å². The molecule has 0 saturated heterocycles. The van der Waals surface area contributed by atoms with Gasteiger partial charge in [0.05, 0.1) is 0 Å². The summed E-state index contributed by atoms with van der Waals surface area (Å²) in [6.07, 6.45) is 7.33. The van der Waals surface area contributed by atoms with E-state index in [0.717, 1.165) is 29.6 Å². The van der Waals surface area contributed by atoms with Crippen LogP contribution in [0.5, 0.6) is 0 Å². The molecule has 0 nitrogen and oxygen atoms in total. The average Bonchev–Trinajstić information content (AvgIpc) is 2.47. The fourth-order valence-electron chi connectivity index (χ4n) is 4.88. The minimum Gasteiger partial charge on any atom is -0.0654 e.